The summed E-state index contributed by atoms with van der Waals surface area (Å²) in [7, 11) is 1.90. The van der Waals surface area contributed by atoms with Crippen LogP contribution in [0.25, 0.3) is 0 Å². The number of carbonyl (C=O) groups is 1. The molecule has 3 N–H and O–H groups in total. The summed E-state index contributed by atoms with van der Waals surface area (Å²) >= 11 is 0. The van der Waals surface area contributed by atoms with E-state index in [2.05, 4.69) is 10.6 Å². The lowest BCUT2D eigenvalue weighted by Gasteiger charge is -2.10. The number of benzene rings is 1. The van der Waals surface area contributed by atoms with Gasteiger partial charge in [-0.05, 0) is 44.6 Å². The normalized spacial score (nSPS) is 10.1. The fraction of sp³-hybridized carbons (Fsp3) is 0.417. The molecular weight excluding hydrogens is 204 g/mol. The van der Waals surface area contributed by atoms with Crippen molar-refractivity contribution in [2.24, 2.45) is 0 Å². The Labute approximate surface area is 95.7 Å². The van der Waals surface area contributed by atoms with Crippen molar-refractivity contribution in [3.63, 3.8) is 0 Å². The summed E-state index contributed by atoms with van der Waals surface area (Å²) in [6.45, 7) is 3.64. The fourth-order valence-electron chi connectivity index (χ4n) is 1.48. The molecule has 0 bridgehead atoms. The average molecular weight is 222 g/mol. The van der Waals surface area contributed by atoms with Gasteiger partial charge < -0.3 is 15.7 Å². The number of carboxylic acid groups (broad SMARTS) is 1. The van der Waals surface area contributed by atoms with E-state index >= 15 is 0 Å². The highest BCUT2D eigenvalue weighted by Gasteiger charge is 2.08. The molecule has 16 heavy (non-hydrogen) atoms. The lowest BCUT2D eigenvalue weighted by Crippen LogP contribution is -2.14. The summed E-state index contributed by atoms with van der Waals surface area (Å²) in [4.78, 5) is 11.0. The van der Waals surface area contributed by atoms with Crippen LogP contribution in [-0.2, 0) is 0 Å². The largest absolute Gasteiger partial charge is 0.478 e. The molecule has 1 aromatic rings. The van der Waals surface area contributed by atoms with Gasteiger partial charge in [0.15, 0.2) is 0 Å². The number of carboxylic acids is 1. The molecule has 88 valence electrons. The van der Waals surface area contributed by atoms with Gasteiger partial charge in [0.25, 0.3) is 0 Å². The molecule has 0 fully saturated rings. The number of nitrogens with one attached hydrogen (secondary N) is 2. The molecular formula is C12H18N2O2. The molecule has 0 amide bonds. The molecule has 0 radical (unpaired) electrons. The Kier molecular flexibility index (Phi) is 4.79. The van der Waals surface area contributed by atoms with Crippen molar-refractivity contribution < 1.29 is 9.90 Å². The second-order valence-corrected chi connectivity index (χ2v) is 3.74. The molecule has 4 nitrogen and oxygen atoms in total. The van der Waals surface area contributed by atoms with E-state index in [0.717, 1.165) is 25.1 Å². The molecule has 1 aromatic carbocycles. The topological polar surface area (TPSA) is 61.4 Å². The first-order valence-corrected chi connectivity index (χ1v) is 5.37. The van der Waals surface area contributed by atoms with E-state index in [1.165, 1.54) is 0 Å². The van der Waals surface area contributed by atoms with Crippen molar-refractivity contribution in [3.8, 4) is 0 Å². The standard InChI is InChI=1S/C12H18N2O2/c1-9-4-5-10(12(15)16)11(8-9)14-7-3-6-13-2/h4-5,8,13-14H,3,6-7H2,1-2H3,(H,15,16). The van der Waals surface area contributed by atoms with Crippen LogP contribution < -0.4 is 10.6 Å². The van der Waals surface area contributed by atoms with Gasteiger partial charge >= 0.3 is 5.97 Å². The quantitative estimate of drug-likeness (QED) is 0.641. The maximum atomic E-state index is 11.0. The molecule has 0 spiro atoms. The minimum atomic E-state index is -0.892. The number of hydrogen-bond acceptors (Lipinski definition) is 3. The monoisotopic (exact) mass is 222 g/mol. The molecule has 0 saturated heterocycles. The Balaban J connectivity index is 2.68. The van der Waals surface area contributed by atoms with Crippen molar-refractivity contribution >= 4 is 11.7 Å². The van der Waals surface area contributed by atoms with Crippen LogP contribution in [0.5, 0.6) is 0 Å². The summed E-state index contributed by atoms with van der Waals surface area (Å²) in [5, 5.41) is 15.2. The number of hydrogen-bond donors (Lipinski definition) is 3. The molecule has 4 heteroatoms. The minimum absolute atomic E-state index is 0.329. The van der Waals surface area contributed by atoms with E-state index in [1.54, 1.807) is 6.07 Å². The molecule has 0 unspecified atom stereocenters. The summed E-state index contributed by atoms with van der Waals surface area (Å²) in [5.74, 6) is -0.892. The highest BCUT2D eigenvalue weighted by atomic mass is 16.4. The van der Waals surface area contributed by atoms with Crippen LogP contribution in [0.4, 0.5) is 5.69 Å². The molecule has 0 saturated carbocycles. The smallest absolute Gasteiger partial charge is 0.337 e. The van der Waals surface area contributed by atoms with E-state index < -0.39 is 5.97 Å². The second kappa shape index (κ2) is 6.12. The van der Waals surface area contributed by atoms with Crippen molar-refractivity contribution in [1.29, 1.82) is 0 Å². The SMILES string of the molecule is CNCCCNc1cc(C)ccc1C(=O)O. The summed E-state index contributed by atoms with van der Waals surface area (Å²) < 4.78 is 0. The molecule has 0 atom stereocenters. The van der Waals surface area contributed by atoms with Crippen molar-refractivity contribution in [2.45, 2.75) is 13.3 Å². The highest BCUT2D eigenvalue weighted by molar-refractivity contribution is 5.94. The predicted molar refractivity (Wildman–Crippen MR) is 65.2 cm³/mol. The van der Waals surface area contributed by atoms with Crippen LogP contribution in [0, 0.1) is 6.92 Å². The van der Waals surface area contributed by atoms with Crippen LogP contribution in [0.1, 0.15) is 22.3 Å². The van der Waals surface area contributed by atoms with Crippen LogP contribution in [0.2, 0.25) is 0 Å². The molecule has 0 aliphatic heterocycles. The van der Waals surface area contributed by atoms with Crippen LogP contribution >= 0.6 is 0 Å². The predicted octanol–water partition coefficient (Wildman–Crippen LogP) is 1.71. The van der Waals surface area contributed by atoms with Gasteiger partial charge in [0.1, 0.15) is 0 Å². The van der Waals surface area contributed by atoms with E-state index in [4.69, 9.17) is 5.11 Å². The lowest BCUT2D eigenvalue weighted by molar-refractivity contribution is 0.0698. The second-order valence-electron chi connectivity index (χ2n) is 3.74. The van der Waals surface area contributed by atoms with Gasteiger partial charge in [-0.1, -0.05) is 6.07 Å². The first kappa shape index (κ1) is 12.5. The Morgan fingerprint density at radius 1 is 1.38 bits per heavy atom. The van der Waals surface area contributed by atoms with E-state index in [-0.39, 0.29) is 0 Å². The molecule has 0 aromatic heterocycles. The highest BCUT2D eigenvalue weighted by Crippen LogP contribution is 2.17. The van der Waals surface area contributed by atoms with Gasteiger partial charge in [-0.2, -0.15) is 0 Å². The zero-order chi connectivity index (χ0) is 12.0. The maximum absolute atomic E-state index is 11.0. The molecule has 0 aliphatic carbocycles. The third-order valence-corrected chi connectivity index (χ3v) is 2.32. The van der Waals surface area contributed by atoms with Gasteiger partial charge in [-0.25, -0.2) is 4.79 Å². The van der Waals surface area contributed by atoms with Gasteiger partial charge in [0.2, 0.25) is 0 Å². The minimum Gasteiger partial charge on any atom is -0.478 e. The zero-order valence-electron chi connectivity index (χ0n) is 9.71. The van der Waals surface area contributed by atoms with Crippen LogP contribution in [0.3, 0.4) is 0 Å². The third kappa shape index (κ3) is 3.55. The maximum Gasteiger partial charge on any atom is 0.337 e. The molecule has 0 heterocycles. The first-order valence-electron chi connectivity index (χ1n) is 5.37. The van der Waals surface area contributed by atoms with Gasteiger partial charge in [0, 0.05) is 12.2 Å². The Morgan fingerprint density at radius 2 is 2.12 bits per heavy atom. The summed E-state index contributed by atoms with van der Waals surface area (Å²) in [6, 6.07) is 5.31. The first-order chi connectivity index (χ1) is 7.65. The Morgan fingerprint density at radius 3 is 2.75 bits per heavy atom. The lowest BCUT2D eigenvalue weighted by atomic mass is 10.1. The zero-order valence-corrected chi connectivity index (χ0v) is 9.71. The number of aryl methyl sites for hydroxylation is 1. The van der Waals surface area contributed by atoms with Crippen LogP contribution in [0.15, 0.2) is 18.2 Å². The van der Waals surface area contributed by atoms with Gasteiger partial charge in [-0.15, -0.1) is 0 Å². The Bertz CT molecular complexity index is 364. The number of anilines is 1. The Hall–Kier alpha value is -1.55. The van der Waals surface area contributed by atoms with E-state index in [9.17, 15) is 4.79 Å². The summed E-state index contributed by atoms with van der Waals surface area (Å²) in [5.41, 5.74) is 2.08. The van der Waals surface area contributed by atoms with Gasteiger partial charge in [-0.3, -0.25) is 0 Å². The van der Waals surface area contributed by atoms with Crippen molar-refractivity contribution in [1.82, 2.24) is 5.32 Å². The van der Waals surface area contributed by atoms with Crippen molar-refractivity contribution in [2.75, 3.05) is 25.5 Å². The molecule has 1 rings (SSSR count). The average Bonchev–Trinajstić information content (AvgIpc) is 2.24. The van der Waals surface area contributed by atoms with E-state index in [1.807, 2.05) is 26.1 Å². The van der Waals surface area contributed by atoms with E-state index in [0.29, 0.717) is 11.3 Å². The summed E-state index contributed by atoms with van der Waals surface area (Å²) in [6.07, 6.45) is 0.962. The third-order valence-electron chi connectivity index (χ3n) is 2.32. The molecule has 0 aliphatic rings. The van der Waals surface area contributed by atoms with Crippen molar-refractivity contribution in [3.05, 3.63) is 29.3 Å². The van der Waals surface area contributed by atoms with Gasteiger partial charge in [0.05, 0.1) is 5.56 Å². The fourth-order valence-corrected chi connectivity index (χ4v) is 1.48. The van der Waals surface area contributed by atoms with Crippen LogP contribution in [-0.4, -0.2) is 31.2 Å². The number of aromatic carboxylic acids is 1. The number of rotatable bonds is 6.